The second-order valence-electron chi connectivity index (χ2n) is 2.72. The van der Waals surface area contributed by atoms with Gasteiger partial charge in [0.1, 0.15) is 6.17 Å². The molecule has 7 heteroatoms. The third kappa shape index (κ3) is 5.50. The first-order valence-electron chi connectivity index (χ1n) is 3.93. The zero-order valence-corrected chi connectivity index (χ0v) is 8.00. The molecule has 0 fully saturated rings. The molecule has 1 heterocycles. The standard InChI is InChI=1S/C7H12N2.BF4/c1-4-9-6-5-8(3)7(9)2;2-1(3,4)5/h4-7H,1H2,2-3H3;/q;-1. The Morgan fingerprint density at radius 1 is 1.29 bits per heavy atom. The van der Waals surface area contributed by atoms with Gasteiger partial charge in [-0.15, -0.1) is 0 Å². The molecule has 0 spiro atoms. The highest BCUT2D eigenvalue weighted by Gasteiger charge is 2.20. The highest BCUT2D eigenvalue weighted by Crippen LogP contribution is 2.11. The van der Waals surface area contributed by atoms with Crippen molar-refractivity contribution in [3.63, 3.8) is 0 Å². The summed E-state index contributed by atoms with van der Waals surface area (Å²) in [6, 6.07) is 0. The van der Waals surface area contributed by atoms with Crippen molar-refractivity contribution in [1.82, 2.24) is 9.80 Å². The van der Waals surface area contributed by atoms with Crippen LogP contribution in [-0.4, -0.2) is 30.3 Å². The molecule has 0 aromatic carbocycles. The van der Waals surface area contributed by atoms with Crippen LogP contribution in [0.15, 0.2) is 25.2 Å². The van der Waals surface area contributed by atoms with Crippen LogP contribution in [0.2, 0.25) is 0 Å². The van der Waals surface area contributed by atoms with Gasteiger partial charge >= 0.3 is 7.25 Å². The van der Waals surface area contributed by atoms with Crippen molar-refractivity contribution in [3.05, 3.63) is 25.2 Å². The third-order valence-electron chi connectivity index (χ3n) is 1.71. The number of hydrogen-bond donors (Lipinski definition) is 0. The zero-order chi connectivity index (χ0) is 11.4. The normalized spacial score (nSPS) is 20.6. The summed E-state index contributed by atoms with van der Waals surface area (Å²) < 4.78 is 39.0. The second kappa shape index (κ2) is 4.92. The number of rotatable bonds is 1. The molecule has 0 saturated heterocycles. The van der Waals surface area contributed by atoms with E-state index in [1.807, 2.05) is 25.6 Å². The van der Waals surface area contributed by atoms with Crippen LogP contribution in [0, 0.1) is 0 Å². The van der Waals surface area contributed by atoms with Gasteiger partial charge in [0, 0.05) is 19.4 Å². The Hall–Kier alpha value is -1.14. The van der Waals surface area contributed by atoms with Crippen molar-refractivity contribution >= 4 is 7.25 Å². The smallest absolute Gasteiger partial charge is 0.418 e. The lowest BCUT2D eigenvalue weighted by Gasteiger charge is -2.23. The summed E-state index contributed by atoms with van der Waals surface area (Å²) in [6.45, 7) is 5.80. The Kier molecular flexibility index (Phi) is 4.53. The predicted molar refractivity (Wildman–Crippen MR) is 48.6 cm³/mol. The summed E-state index contributed by atoms with van der Waals surface area (Å²) in [4.78, 5) is 4.18. The maximum Gasteiger partial charge on any atom is 0.673 e. The zero-order valence-electron chi connectivity index (χ0n) is 8.00. The van der Waals surface area contributed by atoms with E-state index in [2.05, 4.69) is 23.3 Å². The minimum absolute atomic E-state index is 0.433. The van der Waals surface area contributed by atoms with Crippen molar-refractivity contribution in [2.24, 2.45) is 0 Å². The first-order valence-corrected chi connectivity index (χ1v) is 3.93. The molecular weight excluding hydrogens is 199 g/mol. The molecule has 0 amide bonds. The van der Waals surface area contributed by atoms with Crippen LogP contribution in [0.25, 0.3) is 0 Å². The molecule has 0 aromatic heterocycles. The first-order chi connectivity index (χ1) is 6.25. The lowest BCUT2D eigenvalue weighted by atomic mass is 10.3. The van der Waals surface area contributed by atoms with Gasteiger partial charge in [0.2, 0.25) is 0 Å². The summed E-state index contributed by atoms with van der Waals surface area (Å²) in [6.07, 6.45) is 6.30. The van der Waals surface area contributed by atoms with Crippen LogP contribution in [-0.2, 0) is 0 Å². The van der Waals surface area contributed by atoms with Crippen LogP contribution in [0.5, 0.6) is 0 Å². The van der Waals surface area contributed by atoms with Gasteiger partial charge in [-0.3, -0.25) is 0 Å². The van der Waals surface area contributed by atoms with Gasteiger partial charge < -0.3 is 27.1 Å². The third-order valence-corrected chi connectivity index (χ3v) is 1.71. The van der Waals surface area contributed by atoms with E-state index in [9.17, 15) is 17.3 Å². The highest BCUT2D eigenvalue weighted by molar-refractivity contribution is 6.50. The second-order valence-corrected chi connectivity index (χ2v) is 2.72. The largest absolute Gasteiger partial charge is 0.673 e. The Bertz CT molecular complexity index is 210. The monoisotopic (exact) mass is 211 g/mol. The van der Waals surface area contributed by atoms with Gasteiger partial charge in [0.25, 0.3) is 0 Å². The predicted octanol–water partition coefficient (Wildman–Crippen LogP) is 2.49. The molecule has 1 atom stereocenters. The van der Waals surface area contributed by atoms with Gasteiger partial charge in [0.15, 0.2) is 0 Å². The molecular formula is C7H12BF4N2-. The van der Waals surface area contributed by atoms with Crippen molar-refractivity contribution in [1.29, 1.82) is 0 Å². The van der Waals surface area contributed by atoms with Crippen molar-refractivity contribution in [2.75, 3.05) is 7.05 Å². The summed E-state index contributed by atoms with van der Waals surface area (Å²) >= 11 is 0. The Morgan fingerprint density at radius 2 is 1.71 bits per heavy atom. The molecule has 0 N–H and O–H groups in total. The first kappa shape index (κ1) is 12.9. The molecule has 1 unspecified atom stereocenters. The minimum Gasteiger partial charge on any atom is -0.418 e. The van der Waals surface area contributed by atoms with Crippen LogP contribution in [0.3, 0.4) is 0 Å². The Labute approximate surface area is 80.6 Å². The summed E-state index contributed by atoms with van der Waals surface area (Å²) in [7, 11) is -3.95. The van der Waals surface area contributed by atoms with E-state index in [0.29, 0.717) is 6.17 Å². The van der Waals surface area contributed by atoms with Gasteiger partial charge in [-0.2, -0.15) is 0 Å². The fourth-order valence-corrected chi connectivity index (χ4v) is 0.855. The van der Waals surface area contributed by atoms with Crippen molar-refractivity contribution < 1.29 is 17.3 Å². The Morgan fingerprint density at radius 3 is 1.86 bits per heavy atom. The maximum absolute atomic E-state index is 9.75. The lowest BCUT2D eigenvalue weighted by Crippen LogP contribution is -2.29. The lowest BCUT2D eigenvalue weighted by molar-refractivity contribution is 0.247. The molecule has 0 aromatic rings. The highest BCUT2D eigenvalue weighted by atomic mass is 19.5. The topological polar surface area (TPSA) is 6.48 Å². The SMILES string of the molecule is C=CN1C=CN(C)C1C.F[B-](F)(F)F. The summed E-state index contributed by atoms with van der Waals surface area (Å²) in [5.41, 5.74) is 0. The summed E-state index contributed by atoms with van der Waals surface area (Å²) in [5, 5.41) is 0. The molecule has 0 radical (unpaired) electrons. The minimum atomic E-state index is -6.00. The van der Waals surface area contributed by atoms with E-state index >= 15 is 0 Å². The van der Waals surface area contributed by atoms with Gasteiger partial charge in [-0.25, -0.2) is 0 Å². The fraction of sp³-hybridized carbons (Fsp3) is 0.429. The van der Waals surface area contributed by atoms with Crippen LogP contribution < -0.4 is 0 Å². The van der Waals surface area contributed by atoms with Gasteiger partial charge in [-0.1, -0.05) is 6.58 Å². The van der Waals surface area contributed by atoms with Crippen LogP contribution in [0.1, 0.15) is 6.92 Å². The molecule has 0 aliphatic carbocycles. The van der Waals surface area contributed by atoms with E-state index in [1.54, 1.807) is 0 Å². The molecule has 1 aliphatic heterocycles. The molecule has 1 aliphatic rings. The van der Waals surface area contributed by atoms with Crippen molar-refractivity contribution in [3.8, 4) is 0 Å². The molecule has 0 saturated carbocycles. The van der Waals surface area contributed by atoms with E-state index in [4.69, 9.17) is 0 Å². The van der Waals surface area contributed by atoms with Gasteiger partial charge in [0.05, 0.1) is 0 Å². The van der Waals surface area contributed by atoms with E-state index < -0.39 is 7.25 Å². The average molecular weight is 211 g/mol. The maximum atomic E-state index is 9.75. The summed E-state index contributed by atoms with van der Waals surface area (Å²) in [5.74, 6) is 0. The molecule has 0 bridgehead atoms. The quantitative estimate of drug-likeness (QED) is 0.485. The Balaban J connectivity index is 0.000000292. The van der Waals surface area contributed by atoms with E-state index in [0.717, 1.165) is 0 Å². The number of nitrogens with zero attached hydrogens (tertiary/aromatic N) is 2. The fourth-order valence-electron chi connectivity index (χ4n) is 0.855. The van der Waals surface area contributed by atoms with Crippen LogP contribution >= 0.6 is 0 Å². The van der Waals surface area contributed by atoms with E-state index in [1.165, 1.54) is 0 Å². The number of hydrogen-bond acceptors (Lipinski definition) is 2. The number of halogens is 4. The van der Waals surface area contributed by atoms with Crippen LogP contribution in [0.4, 0.5) is 17.3 Å². The molecule has 2 nitrogen and oxygen atoms in total. The molecule has 1 rings (SSSR count). The molecule has 82 valence electrons. The van der Waals surface area contributed by atoms with E-state index in [-0.39, 0.29) is 0 Å². The molecule has 14 heavy (non-hydrogen) atoms. The van der Waals surface area contributed by atoms with Crippen molar-refractivity contribution in [2.45, 2.75) is 13.1 Å². The average Bonchev–Trinajstić information content (AvgIpc) is 2.30. The van der Waals surface area contributed by atoms with Gasteiger partial charge in [-0.05, 0) is 13.1 Å².